The highest BCUT2D eigenvalue weighted by Crippen LogP contribution is 2.28. The maximum Gasteiger partial charge on any atom is 0.161 e. The lowest BCUT2D eigenvalue weighted by Crippen LogP contribution is -2.04. The minimum absolute atomic E-state index is 0.668. The summed E-state index contributed by atoms with van der Waals surface area (Å²) in [6.45, 7) is 3.75. The van der Waals surface area contributed by atoms with Gasteiger partial charge in [0.1, 0.15) is 0 Å². The predicted molar refractivity (Wildman–Crippen MR) is 79.3 cm³/mol. The molecule has 0 bridgehead atoms. The quantitative estimate of drug-likeness (QED) is 0.693. The van der Waals surface area contributed by atoms with Crippen LogP contribution in [0.4, 0.5) is 0 Å². The zero-order valence-electron chi connectivity index (χ0n) is 12.2. The number of hydrogen-bond donors (Lipinski definition) is 0. The van der Waals surface area contributed by atoms with Crippen LogP contribution in [0.15, 0.2) is 36.9 Å². The Kier molecular flexibility index (Phi) is 5.47. The summed E-state index contributed by atoms with van der Waals surface area (Å²) in [5, 5.41) is 0. The first-order chi connectivity index (χ1) is 9.83. The molecule has 0 spiro atoms. The summed E-state index contributed by atoms with van der Waals surface area (Å²) < 4.78 is 13.2. The molecule has 4 nitrogen and oxygen atoms in total. The Bertz CT molecular complexity index is 509. The molecule has 2 rings (SSSR count). The van der Waals surface area contributed by atoms with E-state index in [1.54, 1.807) is 13.3 Å². The molecule has 1 aromatic heterocycles. The van der Waals surface area contributed by atoms with Crippen LogP contribution >= 0.6 is 0 Å². The van der Waals surface area contributed by atoms with Crippen LogP contribution in [0, 0.1) is 0 Å². The van der Waals surface area contributed by atoms with Crippen LogP contribution in [0.3, 0.4) is 0 Å². The number of aromatic nitrogens is 2. The summed E-state index contributed by atoms with van der Waals surface area (Å²) in [5.41, 5.74) is 1.29. The number of hydrogen-bond acceptors (Lipinski definition) is 3. The summed E-state index contributed by atoms with van der Waals surface area (Å²) in [6.07, 6.45) is 8.71. The summed E-state index contributed by atoms with van der Waals surface area (Å²) in [6, 6.07) is 6.17. The van der Waals surface area contributed by atoms with Gasteiger partial charge in [0.15, 0.2) is 11.5 Å². The highest BCUT2D eigenvalue weighted by molar-refractivity contribution is 5.43. The molecular weight excluding hydrogens is 252 g/mol. The van der Waals surface area contributed by atoms with Crippen molar-refractivity contribution >= 4 is 0 Å². The summed E-state index contributed by atoms with van der Waals surface area (Å²) in [7, 11) is 1.68. The van der Waals surface area contributed by atoms with E-state index in [1.807, 2.05) is 23.2 Å². The smallest absolute Gasteiger partial charge is 0.161 e. The number of nitrogens with zero attached hydrogens (tertiary/aromatic N) is 2. The zero-order valence-corrected chi connectivity index (χ0v) is 12.2. The van der Waals surface area contributed by atoms with Crippen LogP contribution in [0.1, 0.15) is 25.3 Å². The molecule has 0 aliphatic heterocycles. The zero-order chi connectivity index (χ0) is 14.2. The second kappa shape index (κ2) is 7.58. The van der Waals surface area contributed by atoms with Gasteiger partial charge >= 0.3 is 0 Å². The van der Waals surface area contributed by atoms with Gasteiger partial charge in [0.05, 0.1) is 20.0 Å². The van der Waals surface area contributed by atoms with E-state index in [4.69, 9.17) is 9.47 Å². The van der Waals surface area contributed by atoms with Gasteiger partial charge in [-0.1, -0.05) is 19.4 Å². The SMILES string of the molecule is CCCc1ccc(OCCCn2ccnc2)c(OC)c1. The maximum atomic E-state index is 5.80. The lowest BCUT2D eigenvalue weighted by molar-refractivity contribution is 0.282. The Hall–Kier alpha value is -1.97. The van der Waals surface area contributed by atoms with E-state index in [9.17, 15) is 0 Å². The first-order valence-electron chi connectivity index (χ1n) is 7.09. The average molecular weight is 274 g/mol. The predicted octanol–water partition coefficient (Wildman–Crippen LogP) is 3.31. The van der Waals surface area contributed by atoms with E-state index >= 15 is 0 Å². The lowest BCUT2D eigenvalue weighted by atomic mass is 10.1. The number of imidazole rings is 1. The fourth-order valence-electron chi connectivity index (χ4n) is 2.12. The number of benzene rings is 1. The van der Waals surface area contributed by atoms with Crippen molar-refractivity contribution in [2.75, 3.05) is 13.7 Å². The Labute approximate surface area is 120 Å². The summed E-state index contributed by atoms with van der Waals surface area (Å²) in [4.78, 5) is 4.02. The van der Waals surface area contributed by atoms with Gasteiger partial charge in [-0.15, -0.1) is 0 Å². The Balaban J connectivity index is 1.85. The van der Waals surface area contributed by atoms with Gasteiger partial charge in [0, 0.05) is 18.9 Å². The van der Waals surface area contributed by atoms with Crippen molar-refractivity contribution in [3.05, 3.63) is 42.5 Å². The molecule has 20 heavy (non-hydrogen) atoms. The van der Waals surface area contributed by atoms with Crippen molar-refractivity contribution < 1.29 is 9.47 Å². The second-order valence-electron chi connectivity index (χ2n) is 4.74. The minimum atomic E-state index is 0.668. The van der Waals surface area contributed by atoms with Crippen molar-refractivity contribution in [2.24, 2.45) is 0 Å². The monoisotopic (exact) mass is 274 g/mol. The van der Waals surface area contributed by atoms with Crippen LogP contribution in [0.5, 0.6) is 11.5 Å². The Morgan fingerprint density at radius 1 is 1.25 bits per heavy atom. The third kappa shape index (κ3) is 4.02. The molecule has 108 valence electrons. The molecule has 0 saturated carbocycles. The van der Waals surface area contributed by atoms with Crippen LogP contribution in [0.25, 0.3) is 0 Å². The third-order valence-corrected chi connectivity index (χ3v) is 3.14. The van der Waals surface area contributed by atoms with Crippen LogP contribution < -0.4 is 9.47 Å². The molecule has 0 amide bonds. The minimum Gasteiger partial charge on any atom is -0.493 e. The van der Waals surface area contributed by atoms with Crippen LogP contribution in [0.2, 0.25) is 0 Å². The molecule has 0 N–H and O–H groups in total. The molecule has 0 aliphatic carbocycles. The van der Waals surface area contributed by atoms with E-state index in [1.165, 1.54) is 5.56 Å². The van der Waals surface area contributed by atoms with Crippen LogP contribution in [-0.2, 0) is 13.0 Å². The van der Waals surface area contributed by atoms with Gasteiger partial charge in [-0.25, -0.2) is 4.98 Å². The molecule has 0 atom stereocenters. The molecule has 0 saturated heterocycles. The van der Waals surface area contributed by atoms with E-state index in [0.29, 0.717) is 6.61 Å². The number of rotatable bonds is 8. The first kappa shape index (κ1) is 14.4. The van der Waals surface area contributed by atoms with Gasteiger partial charge in [0.25, 0.3) is 0 Å². The molecule has 0 unspecified atom stereocenters. The van der Waals surface area contributed by atoms with E-state index in [0.717, 1.165) is 37.3 Å². The number of aryl methyl sites for hydroxylation is 2. The number of ether oxygens (including phenoxy) is 2. The topological polar surface area (TPSA) is 36.3 Å². The molecule has 0 radical (unpaired) electrons. The van der Waals surface area contributed by atoms with E-state index in [2.05, 4.69) is 24.0 Å². The van der Waals surface area contributed by atoms with Gasteiger partial charge in [-0.2, -0.15) is 0 Å². The first-order valence-corrected chi connectivity index (χ1v) is 7.09. The normalized spacial score (nSPS) is 10.5. The van der Waals surface area contributed by atoms with Gasteiger partial charge in [-0.05, 0) is 30.5 Å². The number of methoxy groups -OCH3 is 1. The van der Waals surface area contributed by atoms with Gasteiger partial charge in [-0.3, -0.25) is 0 Å². The molecule has 1 aromatic carbocycles. The van der Waals surface area contributed by atoms with Gasteiger partial charge < -0.3 is 14.0 Å². The van der Waals surface area contributed by atoms with Crippen LogP contribution in [-0.4, -0.2) is 23.3 Å². The van der Waals surface area contributed by atoms with Gasteiger partial charge in [0.2, 0.25) is 0 Å². The average Bonchev–Trinajstić information content (AvgIpc) is 2.98. The van der Waals surface area contributed by atoms with Crippen molar-refractivity contribution in [1.82, 2.24) is 9.55 Å². The third-order valence-electron chi connectivity index (χ3n) is 3.14. The Morgan fingerprint density at radius 3 is 2.85 bits per heavy atom. The molecule has 1 heterocycles. The maximum absolute atomic E-state index is 5.80. The molecular formula is C16H22N2O2. The van der Waals surface area contributed by atoms with E-state index < -0.39 is 0 Å². The molecule has 0 aliphatic rings. The fourth-order valence-corrected chi connectivity index (χ4v) is 2.12. The standard InChI is InChI=1S/C16H22N2O2/c1-3-5-14-6-7-15(16(12-14)19-2)20-11-4-9-18-10-8-17-13-18/h6-8,10,12-13H,3-5,9,11H2,1-2H3. The highest BCUT2D eigenvalue weighted by Gasteiger charge is 2.05. The molecule has 2 aromatic rings. The second-order valence-corrected chi connectivity index (χ2v) is 4.74. The summed E-state index contributed by atoms with van der Waals surface area (Å²) >= 11 is 0. The Morgan fingerprint density at radius 2 is 2.15 bits per heavy atom. The van der Waals surface area contributed by atoms with E-state index in [-0.39, 0.29) is 0 Å². The lowest BCUT2D eigenvalue weighted by Gasteiger charge is -2.12. The molecule has 0 fully saturated rings. The van der Waals surface area contributed by atoms with Crippen molar-refractivity contribution in [3.8, 4) is 11.5 Å². The van der Waals surface area contributed by atoms with Crippen molar-refractivity contribution in [2.45, 2.75) is 32.7 Å². The fraction of sp³-hybridized carbons (Fsp3) is 0.438. The van der Waals surface area contributed by atoms with Crippen molar-refractivity contribution in [1.29, 1.82) is 0 Å². The van der Waals surface area contributed by atoms with Crippen molar-refractivity contribution in [3.63, 3.8) is 0 Å². The highest BCUT2D eigenvalue weighted by atomic mass is 16.5. The summed E-state index contributed by atoms with van der Waals surface area (Å²) in [5.74, 6) is 1.64. The largest absolute Gasteiger partial charge is 0.493 e. The molecule has 4 heteroatoms.